The quantitative estimate of drug-likeness (QED) is 0.828. The molecule has 1 aromatic heterocycles. The Morgan fingerprint density at radius 3 is 2.70 bits per heavy atom. The van der Waals surface area contributed by atoms with E-state index in [-0.39, 0.29) is 12.5 Å². The molecule has 0 saturated heterocycles. The predicted octanol–water partition coefficient (Wildman–Crippen LogP) is 1.41. The number of hydrogen-bond acceptors (Lipinski definition) is 3. The molecule has 20 heavy (non-hydrogen) atoms. The minimum absolute atomic E-state index is 0.0538. The second-order valence-corrected chi connectivity index (χ2v) is 4.15. The van der Waals surface area contributed by atoms with E-state index in [1.165, 1.54) is 0 Å². The normalized spacial score (nSPS) is 9.70. The van der Waals surface area contributed by atoms with Crippen LogP contribution in [0.15, 0.2) is 36.5 Å². The summed E-state index contributed by atoms with van der Waals surface area (Å²) in [4.78, 5) is 12.0. The zero-order chi connectivity index (χ0) is 14.4. The summed E-state index contributed by atoms with van der Waals surface area (Å²) in [5, 5.41) is 15.4. The van der Waals surface area contributed by atoms with Gasteiger partial charge in [-0.2, -0.15) is 5.10 Å². The fraction of sp³-hybridized carbons (Fsp3) is 0.200. The van der Waals surface area contributed by atoms with Crippen LogP contribution in [0.25, 0.3) is 0 Å². The molecule has 0 fully saturated rings. The number of nitrogens with one attached hydrogen (secondary N) is 1. The molecule has 1 aromatic carbocycles. The van der Waals surface area contributed by atoms with Gasteiger partial charge < -0.3 is 10.4 Å². The first-order chi connectivity index (χ1) is 9.70. The van der Waals surface area contributed by atoms with E-state index >= 15 is 0 Å². The number of aryl methyl sites for hydroxylation is 1. The second kappa shape index (κ2) is 6.55. The fourth-order valence-electron chi connectivity index (χ4n) is 1.61. The van der Waals surface area contributed by atoms with Crippen molar-refractivity contribution >= 4 is 11.7 Å². The Labute approximate surface area is 117 Å². The molecular weight excluding hydrogens is 254 g/mol. The van der Waals surface area contributed by atoms with Gasteiger partial charge in [0.25, 0.3) is 5.91 Å². The molecule has 0 spiro atoms. The third-order valence-electron chi connectivity index (χ3n) is 2.68. The number of amides is 1. The minimum Gasteiger partial charge on any atom is -0.395 e. The van der Waals surface area contributed by atoms with Crippen molar-refractivity contribution in [1.29, 1.82) is 0 Å². The molecule has 5 nitrogen and oxygen atoms in total. The number of carbonyl (C=O) groups excluding carboxylic acids is 1. The first-order valence-corrected chi connectivity index (χ1v) is 6.20. The first-order valence-electron chi connectivity index (χ1n) is 6.20. The maximum Gasteiger partial charge on any atom is 0.256 e. The van der Waals surface area contributed by atoms with Crippen molar-refractivity contribution in [2.45, 2.75) is 6.42 Å². The second-order valence-electron chi connectivity index (χ2n) is 4.15. The van der Waals surface area contributed by atoms with Gasteiger partial charge in [-0.3, -0.25) is 9.48 Å². The highest BCUT2D eigenvalue weighted by Gasteiger charge is 2.07. The smallest absolute Gasteiger partial charge is 0.256 e. The van der Waals surface area contributed by atoms with E-state index in [1.54, 1.807) is 48.3 Å². The Bertz CT molecular complexity index is 648. The zero-order valence-corrected chi connectivity index (χ0v) is 11.1. The highest BCUT2D eigenvalue weighted by molar-refractivity contribution is 6.03. The number of hydrogen-bond donors (Lipinski definition) is 2. The van der Waals surface area contributed by atoms with Gasteiger partial charge in [-0.15, -0.1) is 0 Å². The van der Waals surface area contributed by atoms with Crippen LogP contribution < -0.4 is 5.32 Å². The van der Waals surface area contributed by atoms with Crippen molar-refractivity contribution in [3.8, 4) is 11.8 Å². The van der Waals surface area contributed by atoms with Gasteiger partial charge in [0.15, 0.2) is 0 Å². The summed E-state index contributed by atoms with van der Waals surface area (Å²) in [6.07, 6.45) is 2.07. The van der Waals surface area contributed by atoms with Crippen molar-refractivity contribution in [1.82, 2.24) is 9.78 Å². The number of anilines is 1. The average Bonchev–Trinajstić information content (AvgIpc) is 2.85. The average molecular weight is 269 g/mol. The SMILES string of the molecule is Cn1nccc1NC(=O)c1ccc(C#CCCO)cc1. The van der Waals surface area contributed by atoms with E-state index < -0.39 is 0 Å². The molecule has 5 heteroatoms. The molecule has 102 valence electrons. The number of carbonyl (C=O) groups is 1. The van der Waals surface area contributed by atoms with Gasteiger partial charge in [0.1, 0.15) is 5.82 Å². The number of rotatable bonds is 3. The van der Waals surface area contributed by atoms with Crippen LogP contribution in [0.3, 0.4) is 0 Å². The standard InChI is InChI=1S/C15H15N3O2/c1-18-14(9-10-16-18)17-15(20)13-7-5-12(6-8-13)4-2-3-11-19/h5-10,19H,3,11H2,1H3,(H,17,20). The van der Waals surface area contributed by atoms with Crippen LogP contribution in [0.2, 0.25) is 0 Å². The Hall–Kier alpha value is -2.58. The molecule has 0 bridgehead atoms. The predicted molar refractivity (Wildman–Crippen MR) is 76.2 cm³/mol. The van der Waals surface area contributed by atoms with Crippen LogP contribution in [0, 0.1) is 11.8 Å². The summed E-state index contributed by atoms with van der Waals surface area (Å²) in [6.45, 7) is 0.0538. The Morgan fingerprint density at radius 1 is 1.35 bits per heavy atom. The number of aliphatic hydroxyl groups excluding tert-OH is 1. The summed E-state index contributed by atoms with van der Waals surface area (Å²) in [5.41, 5.74) is 1.37. The molecule has 0 unspecified atom stereocenters. The van der Waals surface area contributed by atoms with Crippen LogP contribution in [-0.2, 0) is 7.05 Å². The van der Waals surface area contributed by atoms with Crippen molar-refractivity contribution in [2.24, 2.45) is 7.05 Å². The Kier molecular flexibility index (Phi) is 4.53. The molecule has 2 aromatic rings. The first kappa shape index (κ1) is 13.8. The molecular formula is C15H15N3O2. The van der Waals surface area contributed by atoms with E-state index in [2.05, 4.69) is 22.3 Å². The zero-order valence-electron chi connectivity index (χ0n) is 11.1. The minimum atomic E-state index is -0.191. The summed E-state index contributed by atoms with van der Waals surface area (Å²) in [6, 6.07) is 8.72. The van der Waals surface area contributed by atoms with Crippen molar-refractivity contribution in [3.05, 3.63) is 47.7 Å². The van der Waals surface area contributed by atoms with Crippen LogP contribution in [-0.4, -0.2) is 27.4 Å². The molecule has 0 saturated carbocycles. The summed E-state index contributed by atoms with van der Waals surface area (Å²) >= 11 is 0. The third kappa shape index (κ3) is 3.46. The topological polar surface area (TPSA) is 67.2 Å². The van der Waals surface area contributed by atoms with E-state index in [0.29, 0.717) is 17.8 Å². The Morgan fingerprint density at radius 2 is 2.10 bits per heavy atom. The van der Waals surface area contributed by atoms with E-state index in [0.717, 1.165) is 5.56 Å². The largest absolute Gasteiger partial charge is 0.395 e. The van der Waals surface area contributed by atoms with Crippen LogP contribution in [0.5, 0.6) is 0 Å². The number of benzene rings is 1. The molecule has 0 atom stereocenters. The summed E-state index contributed by atoms with van der Waals surface area (Å²) in [7, 11) is 1.76. The van der Waals surface area contributed by atoms with Gasteiger partial charge in [-0.25, -0.2) is 0 Å². The highest BCUT2D eigenvalue weighted by atomic mass is 16.2. The lowest BCUT2D eigenvalue weighted by Gasteiger charge is -2.05. The van der Waals surface area contributed by atoms with Gasteiger partial charge in [0, 0.05) is 30.7 Å². The highest BCUT2D eigenvalue weighted by Crippen LogP contribution is 2.08. The van der Waals surface area contributed by atoms with E-state index in [4.69, 9.17) is 5.11 Å². The summed E-state index contributed by atoms with van der Waals surface area (Å²) in [5.74, 6) is 6.19. The van der Waals surface area contributed by atoms with Crippen LogP contribution >= 0.6 is 0 Å². The fourth-order valence-corrected chi connectivity index (χ4v) is 1.61. The molecule has 0 aliphatic heterocycles. The van der Waals surface area contributed by atoms with Crippen molar-refractivity contribution in [3.63, 3.8) is 0 Å². The monoisotopic (exact) mass is 269 g/mol. The maximum absolute atomic E-state index is 12.0. The van der Waals surface area contributed by atoms with Gasteiger partial charge >= 0.3 is 0 Å². The van der Waals surface area contributed by atoms with Gasteiger partial charge in [-0.05, 0) is 24.3 Å². The van der Waals surface area contributed by atoms with Crippen molar-refractivity contribution in [2.75, 3.05) is 11.9 Å². The lowest BCUT2D eigenvalue weighted by molar-refractivity contribution is 0.102. The molecule has 1 heterocycles. The maximum atomic E-state index is 12.0. The lowest BCUT2D eigenvalue weighted by atomic mass is 10.1. The number of aliphatic hydroxyl groups is 1. The van der Waals surface area contributed by atoms with Gasteiger partial charge in [0.05, 0.1) is 12.8 Å². The van der Waals surface area contributed by atoms with Crippen molar-refractivity contribution < 1.29 is 9.90 Å². The molecule has 0 radical (unpaired) electrons. The van der Waals surface area contributed by atoms with Crippen LogP contribution in [0.4, 0.5) is 5.82 Å². The molecule has 0 aliphatic rings. The number of aromatic nitrogens is 2. The molecule has 2 N–H and O–H groups in total. The molecule has 2 rings (SSSR count). The summed E-state index contributed by atoms with van der Waals surface area (Å²) < 4.78 is 1.59. The van der Waals surface area contributed by atoms with E-state index in [9.17, 15) is 4.79 Å². The third-order valence-corrected chi connectivity index (χ3v) is 2.68. The van der Waals surface area contributed by atoms with Crippen LogP contribution in [0.1, 0.15) is 22.3 Å². The van der Waals surface area contributed by atoms with Gasteiger partial charge in [0.2, 0.25) is 0 Å². The molecule has 1 amide bonds. The number of nitrogens with zero attached hydrogens (tertiary/aromatic N) is 2. The van der Waals surface area contributed by atoms with Gasteiger partial charge in [-0.1, -0.05) is 11.8 Å². The lowest BCUT2D eigenvalue weighted by Crippen LogP contribution is -2.14. The molecule has 0 aliphatic carbocycles. The van der Waals surface area contributed by atoms with E-state index in [1.807, 2.05) is 0 Å². The Balaban J connectivity index is 2.05.